The SMILES string of the molecule is C=C(C)C(O)C[C@H](CC12CC(CC=C(C)C)C(C)(C)C(CC=C(C)C)(C1=O)c1oc3cc(O)c(O)cc3c(=O)c1C2=O)C(=C)C. The van der Waals surface area contributed by atoms with E-state index in [0.717, 1.165) is 28.9 Å². The predicted octanol–water partition coefficient (Wildman–Crippen LogP) is 7.86. The lowest BCUT2D eigenvalue weighted by atomic mass is 9.39. The van der Waals surface area contributed by atoms with Gasteiger partial charge in [0.1, 0.15) is 16.9 Å². The molecule has 0 amide bonds. The van der Waals surface area contributed by atoms with Gasteiger partial charge in [-0.25, -0.2) is 0 Å². The van der Waals surface area contributed by atoms with Crippen molar-refractivity contribution in [2.75, 3.05) is 0 Å². The van der Waals surface area contributed by atoms with E-state index < -0.39 is 51.0 Å². The van der Waals surface area contributed by atoms with Crippen LogP contribution >= 0.6 is 0 Å². The van der Waals surface area contributed by atoms with Crippen LogP contribution in [-0.4, -0.2) is 33.0 Å². The van der Waals surface area contributed by atoms with Gasteiger partial charge >= 0.3 is 0 Å². The lowest BCUT2D eigenvalue weighted by Gasteiger charge is -2.60. The Morgan fingerprint density at radius 2 is 1.58 bits per heavy atom. The van der Waals surface area contributed by atoms with Gasteiger partial charge in [-0.3, -0.25) is 14.4 Å². The van der Waals surface area contributed by atoms with Gasteiger partial charge in [0.05, 0.1) is 22.3 Å². The van der Waals surface area contributed by atoms with Crippen molar-refractivity contribution < 1.29 is 29.3 Å². The molecule has 4 unspecified atom stereocenters. The van der Waals surface area contributed by atoms with Crippen LogP contribution in [0.5, 0.6) is 11.5 Å². The number of Topliss-reactive ketones (excluding diaryl/α,β-unsaturated/α-hetero) is 2. The minimum absolute atomic E-state index is 0.00894. The summed E-state index contributed by atoms with van der Waals surface area (Å²) in [6, 6.07) is 2.26. The second-order valence-corrected chi connectivity index (χ2v) is 14.6. The van der Waals surface area contributed by atoms with Crippen molar-refractivity contribution >= 4 is 22.5 Å². The molecule has 1 heterocycles. The quantitative estimate of drug-likeness (QED) is 0.141. The first kappa shape index (κ1) is 34.2. The Kier molecular flexibility index (Phi) is 9.04. The number of fused-ring (bicyclic) bond motifs is 5. The number of aliphatic hydroxyl groups is 1. The Morgan fingerprint density at radius 1 is 0.978 bits per heavy atom. The normalized spacial score (nSPS) is 24.9. The van der Waals surface area contributed by atoms with E-state index in [1.165, 1.54) is 0 Å². The largest absolute Gasteiger partial charge is 0.504 e. The summed E-state index contributed by atoms with van der Waals surface area (Å²) >= 11 is 0. The fraction of sp³-hybridized carbons (Fsp3) is 0.500. The number of ketones is 2. The Balaban J connectivity index is 2.16. The molecule has 1 saturated carbocycles. The van der Waals surface area contributed by atoms with Crippen LogP contribution in [0.1, 0.15) is 104 Å². The molecule has 2 aromatic rings. The number of hydrogen-bond acceptors (Lipinski definition) is 7. The molecule has 0 radical (unpaired) electrons. The molecular formula is C38H48O7. The molecule has 0 saturated heterocycles. The molecule has 2 aliphatic carbocycles. The standard InChI is InChI=1S/C38H48O7/c1-20(2)11-12-25-19-37(18-24(22(5)6)15-27(39)23(7)8)33(43)31-32(42)26-16-28(40)29(41)17-30(26)45-34(31)38(35(37)44,36(25,9)10)14-13-21(3)4/h11,13,16-17,24-25,27,39-41H,5,7,12,14-15,18-19H2,1-4,6,8-10H3/t24-,25?,27?,37?,38?/m1/s1. The molecule has 5 atom stereocenters. The second kappa shape index (κ2) is 11.9. The number of phenolic OH excluding ortho intramolecular Hbond substituents is 2. The molecule has 7 nitrogen and oxygen atoms in total. The van der Waals surface area contributed by atoms with Gasteiger partial charge in [0, 0.05) is 6.07 Å². The average molecular weight is 617 g/mol. The molecule has 2 aliphatic rings. The zero-order chi connectivity index (χ0) is 33.8. The van der Waals surface area contributed by atoms with Crippen LogP contribution in [0.4, 0.5) is 0 Å². The van der Waals surface area contributed by atoms with E-state index in [4.69, 9.17) is 4.42 Å². The molecule has 4 rings (SSSR count). The van der Waals surface area contributed by atoms with Gasteiger partial charge in [0.2, 0.25) is 5.43 Å². The molecule has 1 aromatic carbocycles. The third kappa shape index (κ3) is 5.43. The van der Waals surface area contributed by atoms with Gasteiger partial charge in [0.15, 0.2) is 23.1 Å². The number of carbonyl (C=O) groups is 2. The Hall–Kier alpha value is -3.71. The van der Waals surface area contributed by atoms with Crippen molar-refractivity contribution in [2.45, 2.75) is 99.0 Å². The highest BCUT2D eigenvalue weighted by Crippen LogP contribution is 2.66. The summed E-state index contributed by atoms with van der Waals surface area (Å²) in [5, 5.41) is 31.4. The van der Waals surface area contributed by atoms with E-state index in [0.29, 0.717) is 12.0 Å². The molecule has 2 bridgehead atoms. The highest BCUT2D eigenvalue weighted by Gasteiger charge is 2.72. The van der Waals surface area contributed by atoms with Gasteiger partial charge in [-0.1, -0.05) is 61.4 Å². The molecule has 3 N–H and O–H groups in total. The molecule has 1 aromatic heterocycles. The van der Waals surface area contributed by atoms with Crippen LogP contribution < -0.4 is 5.43 Å². The maximum atomic E-state index is 15.5. The minimum Gasteiger partial charge on any atom is -0.504 e. The van der Waals surface area contributed by atoms with Crippen LogP contribution in [0, 0.1) is 22.7 Å². The van der Waals surface area contributed by atoms with Crippen molar-refractivity contribution in [1.82, 2.24) is 0 Å². The molecule has 45 heavy (non-hydrogen) atoms. The molecule has 0 aliphatic heterocycles. The van der Waals surface area contributed by atoms with Crippen LogP contribution in [0.25, 0.3) is 11.0 Å². The zero-order valence-corrected chi connectivity index (χ0v) is 28.0. The molecular weight excluding hydrogens is 568 g/mol. The lowest BCUT2D eigenvalue weighted by molar-refractivity contribution is -0.152. The maximum Gasteiger partial charge on any atom is 0.204 e. The van der Waals surface area contributed by atoms with E-state index in [9.17, 15) is 24.9 Å². The van der Waals surface area contributed by atoms with Gasteiger partial charge in [-0.15, -0.1) is 0 Å². The predicted molar refractivity (Wildman–Crippen MR) is 178 cm³/mol. The van der Waals surface area contributed by atoms with Gasteiger partial charge in [-0.05, 0) is 97.0 Å². The summed E-state index contributed by atoms with van der Waals surface area (Å²) in [4.78, 5) is 44.8. The number of rotatable bonds is 10. The van der Waals surface area contributed by atoms with Crippen LogP contribution in [0.3, 0.4) is 0 Å². The third-order valence-corrected chi connectivity index (χ3v) is 10.6. The number of phenols is 2. The first-order chi connectivity index (χ1) is 20.8. The summed E-state index contributed by atoms with van der Waals surface area (Å²) in [7, 11) is 0. The topological polar surface area (TPSA) is 125 Å². The molecule has 1 fully saturated rings. The molecule has 7 heteroatoms. The van der Waals surface area contributed by atoms with E-state index in [1.54, 1.807) is 6.92 Å². The smallest absolute Gasteiger partial charge is 0.204 e. The van der Waals surface area contributed by atoms with Gasteiger partial charge in [0.25, 0.3) is 0 Å². The summed E-state index contributed by atoms with van der Waals surface area (Å²) in [5.41, 5.74) is -1.21. The zero-order valence-electron chi connectivity index (χ0n) is 28.0. The Bertz CT molecular complexity index is 1710. The van der Waals surface area contributed by atoms with Crippen molar-refractivity contribution in [2.24, 2.45) is 22.7 Å². The van der Waals surface area contributed by atoms with Crippen LogP contribution in [0.2, 0.25) is 0 Å². The summed E-state index contributed by atoms with van der Waals surface area (Å²) in [6.45, 7) is 23.6. The minimum atomic E-state index is -1.59. The maximum absolute atomic E-state index is 15.5. The van der Waals surface area contributed by atoms with E-state index in [1.807, 2.05) is 54.5 Å². The second-order valence-electron chi connectivity index (χ2n) is 14.6. The third-order valence-electron chi connectivity index (χ3n) is 10.6. The highest BCUT2D eigenvalue weighted by atomic mass is 16.3. The summed E-state index contributed by atoms with van der Waals surface area (Å²) < 4.78 is 6.44. The summed E-state index contributed by atoms with van der Waals surface area (Å²) in [6.07, 6.45) is 4.61. The van der Waals surface area contributed by atoms with E-state index in [-0.39, 0.29) is 59.7 Å². The average Bonchev–Trinajstić information content (AvgIpc) is 2.93. The summed E-state index contributed by atoms with van der Waals surface area (Å²) in [5.74, 6) is -2.41. The first-order valence-corrected chi connectivity index (χ1v) is 15.7. The van der Waals surface area contributed by atoms with Crippen molar-refractivity contribution in [3.63, 3.8) is 0 Å². The van der Waals surface area contributed by atoms with Gasteiger partial charge < -0.3 is 19.7 Å². The lowest BCUT2D eigenvalue weighted by Crippen LogP contribution is -2.68. The number of carbonyl (C=O) groups excluding carboxylic acids is 2. The van der Waals surface area contributed by atoms with Crippen LogP contribution in [-0.2, 0) is 10.2 Å². The van der Waals surface area contributed by atoms with Crippen molar-refractivity contribution in [3.05, 3.63) is 81.3 Å². The van der Waals surface area contributed by atoms with E-state index in [2.05, 4.69) is 19.2 Å². The Morgan fingerprint density at radius 3 is 2.13 bits per heavy atom. The van der Waals surface area contributed by atoms with Gasteiger partial charge in [-0.2, -0.15) is 0 Å². The number of allylic oxidation sites excluding steroid dienone is 5. The highest BCUT2D eigenvalue weighted by molar-refractivity contribution is 6.23. The fourth-order valence-corrected chi connectivity index (χ4v) is 7.55. The Labute approximate surface area is 266 Å². The number of aromatic hydroxyl groups is 2. The van der Waals surface area contributed by atoms with Crippen molar-refractivity contribution in [3.8, 4) is 11.5 Å². The first-order valence-electron chi connectivity index (χ1n) is 15.7. The monoisotopic (exact) mass is 616 g/mol. The molecule has 0 spiro atoms. The van der Waals surface area contributed by atoms with Crippen LogP contribution in [0.15, 0.2) is 68.9 Å². The molecule has 242 valence electrons. The van der Waals surface area contributed by atoms with Crippen molar-refractivity contribution in [1.29, 1.82) is 0 Å². The number of benzene rings is 1. The number of hydrogen-bond donors (Lipinski definition) is 3. The number of aliphatic hydroxyl groups excluding tert-OH is 1. The van der Waals surface area contributed by atoms with E-state index >= 15 is 4.79 Å². The fourth-order valence-electron chi connectivity index (χ4n) is 7.55.